The van der Waals surface area contributed by atoms with Crippen LogP contribution in [0.5, 0.6) is 0 Å². The van der Waals surface area contributed by atoms with E-state index in [0.717, 1.165) is 24.7 Å². The van der Waals surface area contributed by atoms with Crippen LogP contribution in [0, 0.1) is 11.8 Å². The van der Waals surface area contributed by atoms with E-state index in [2.05, 4.69) is 57.1 Å². The quantitative estimate of drug-likeness (QED) is 0.880. The van der Waals surface area contributed by atoms with Crippen molar-refractivity contribution in [3.8, 4) is 0 Å². The van der Waals surface area contributed by atoms with E-state index in [1.54, 1.807) is 0 Å². The fraction of sp³-hybridized carbons (Fsp3) is 0.647. The van der Waals surface area contributed by atoms with Gasteiger partial charge in [-0.25, -0.2) is 0 Å². The van der Waals surface area contributed by atoms with Crippen molar-refractivity contribution in [1.29, 1.82) is 0 Å². The second kappa shape index (κ2) is 6.06. The highest BCUT2D eigenvalue weighted by Gasteiger charge is 2.34. The minimum absolute atomic E-state index is 0.424. The molecule has 1 unspecified atom stereocenters. The monoisotopic (exact) mass is 260 g/mol. The third-order valence-corrected chi connectivity index (χ3v) is 4.18. The van der Waals surface area contributed by atoms with E-state index in [1.807, 2.05) is 0 Å². The average Bonchev–Trinajstić information content (AvgIpc) is 2.28. The Labute approximate surface area is 118 Å². The van der Waals surface area contributed by atoms with E-state index >= 15 is 0 Å². The Morgan fingerprint density at radius 1 is 1.16 bits per heavy atom. The maximum Gasteiger partial charge on any atom is 0.0371 e. The van der Waals surface area contributed by atoms with Gasteiger partial charge in [0.2, 0.25) is 0 Å². The summed E-state index contributed by atoms with van der Waals surface area (Å²) in [5.41, 5.74) is 8.83. The topological polar surface area (TPSA) is 29.3 Å². The highest BCUT2D eigenvalue weighted by molar-refractivity contribution is 5.26. The van der Waals surface area contributed by atoms with E-state index in [0.29, 0.717) is 12.1 Å². The molecule has 0 heterocycles. The molecule has 1 aromatic rings. The van der Waals surface area contributed by atoms with Gasteiger partial charge in [-0.15, -0.1) is 0 Å². The van der Waals surface area contributed by atoms with E-state index in [4.69, 9.17) is 5.73 Å². The summed E-state index contributed by atoms with van der Waals surface area (Å²) in [4.78, 5) is 2.34. The molecule has 0 spiro atoms. The molecule has 1 aliphatic rings. The smallest absolute Gasteiger partial charge is 0.0371 e. The van der Waals surface area contributed by atoms with Crippen molar-refractivity contribution in [3.63, 3.8) is 0 Å². The summed E-state index contributed by atoms with van der Waals surface area (Å²) in [7, 11) is 4.35. The number of rotatable bonds is 5. The largest absolute Gasteiger partial charge is 0.328 e. The molecule has 1 fully saturated rings. The summed E-state index contributed by atoms with van der Waals surface area (Å²) in [6.07, 6.45) is 3.49. The number of benzene rings is 1. The summed E-state index contributed by atoms with van der Waals surface area (Å²) in [6.45, 7) is 4.54. The molecule has 0 radical (unpaired) electrons. The van der Waals surface area contributed by atoms with Gasteiger partial charge in [-0.2, -0.15) is 0 Å². The molecule has 2 nitrogen and oxygen atoms in total. The highest BCUT2D eigenvalue weighted by atomic mass is 15.1. The minimum Gasteiger partial charge on any atom is -0.328 e. The lowest BCUT2D eigenvalue weighted by atomic mass is 9.73. The Morgan fingerprint density at radius 3 is 2.16 bits per heavy atom. The van der Waals surface area contributed by atoms with Crippen LogP contribution < -0.4 is 5.73 Å². The van der Waals surface area contributed by atoms with Crippen LogP contribution in [0.2, 0.25) is 0 Å². The van der Waals surface area contributed by atoms with E-state index in [-0.39, 0.29) is 0 Å². The molecule has 1 aliphatic carbocycles. The van der Waals surface area contributed by atoms with E-state index in [9.17, 15) is 0 Å². The average molecular weight is 260 g/mol. The first-order chi connectivity index (χ1) is 8.97. The Hall–Kier alpha value is -0.860. The van der Waals surface area contributed by atoms with Gasteiger partial charge in [-0.1, -0.05) is 38.1 Å². The molecule has 0 saturated heterocycles. The number of hydrogen-bond donors (Lipinski definition) is 1. The van der Waals surface area contributed by atoms with Gasteiger partial charge in [-0.05, 0) is 56.3 Å². The molecule has 106 valence electrons. The molecule has 1 aromatic carbocycles. The number of nitrogens with zero attached hydrogens (tertiary/aromatic N) is 1. The second-order valence-electron chi connectivity index (χ2n) is 6.74. The molecule has 2 heteroatoms. The van der Waals surface area contributed by atoms with Gasteiger partial charge in [0.15, 0.2) is 0 Å². The fourth-order valence-electron chi connectivity index (χ4n) is 3.28. The number of nitrogens with two attached hydrogens (primary N) is 1. The molecule has 2 N–H and O–H groups in total. The summed E-state index contributed by atoms with van der Waals surface area (Å²) < 4.78 is 0. The van der Waals surface area contributed by atoms with Crippen LogP contribution in [0.3, 0.4) is 0 Å². The zero-order chi connectivity index (χ0) is 14.0. The van der Waals surface area contributed by atoms with Crippen molar-refractivity contribution in [2.45, 2.75) is 45.2 Å². The molecule has 0 bridgehead atoms. The Balaban J connectivity index is 2.09. The summed E-state index contributed by atoms with van der Waals surface area (Å²) in [5, 5.41) is 0. The molecular formula is C17H28N2. The fourth-order valence-corrected chi connectivity index (χ4v) is 3.28. The van der Waals surface area contributed by atoms with Crippen LogP contribution in [0.1, 0.15) is 43.9 Å². The predicted octanol–water partition coefficient (Wildman–Crippen LogP) is 3.23. The second-order valence-corrected chi connectivity index (χ2v) is 6.74. The van der Waals surface area contributed by atoms with E-state index < -0.39 is 0 Å². The zero-order valence-corrected chi connectivity index (χ0v) is 12.8. The van der Waals surface area contributed by atoms with Crippen molar-refractivity contribution in [3.05, 3.63) is 35.4 Å². The molecular weight excluding hydrogens is 232 g/mol. The van der Waals surface area contributed by atoms with Gasteiger partial charge in [0, 0.05) is 12.1 Å². The summed E-state index contributed by atoms with van der Waals surface area (Å²) in [6, 6.07) is 10.2. The first-order valence-corrected chi connectivity index (χ1v) is 7.48. The van der Waals surface area contributed by atoms with Crippen LogP contribution >= 0.6 is 0 Å². The summed E-state index contributed by atoms with van der Waals surface area (Å²) >= 11 is 0. The van der Waals surface area contributed by atoms with Gasteiger partial charge in [0.05, 0.1) is 0 Å². The van der Waals surface area contributed by atoms with Gasteiger partial charge in [-0.3, -0.25) is 0 Å². The normalized spacial score (nSPS) is 24.6. The Kier molecular flexibility index (Phi) is 4.64. The van der Waals surface area contributed by atoms with Crippen molar-refractivity contribution in [1.82, 2.24) is 4.90 Å². The lowest BCUT2D eigenvalue weighted by Crippen LogP contribution is -2.43. The molecule has 0 amide bonds. The van der Waals surface area contributed by atoms with Crippen LogP contribution in [-0.4, -0.2) is 25.0 Å². The minimum atomic E-state index is 0.424. The molecule has 2 rings (SSSR count). The van der Waals surface area contributed by atoms with E-state index in [1.165, 1.54) is 17.5 Å². The van der Waals surface area contributed by atoms with Gasteiger partial charge in [0.25, 0.3) is 0 Å². The predicted molar refractivity (Wildman–Crippen MR) is 82.1 cm³/mol. The van der Waals surface area contributed by atoms with Crippen LogP contribution in [0.4, 0.5) is 0 Å². The van der Waals surface area contributed by atoms with Crippen molar-refractivity contribution < 1.29 is 0 Å². The molecule has 0 aliphatic heterocycles. The SMILES string of the molecule is CC(C)Cc1ccc(C(C2CC(N)C2)N(C)C)cc1. The van der Waals surface area contributed by atoms with Gasteiger partial charge in [0.1, 0.15) is 0 Å². The first-order valence-electron chi connectivity index (χ1n) is 7.48. The standard InChI is InChI=1S/C17H28N2/c1-12(2)9-13-5-7-14(8-6-13)17(19(3)4)15-10-16(18)11-15/h5-8,12,15-17H,9-11,18H2,1-4H3. The van der Waals surface area contributed by atoms with Gasteiger partial charge < -0.3 is 10.6 Å². The highest BCUT2D eigenvalue weighted by Crippen LogP contribution is 2.39. The van der Waals surface area contributed by atoms with Crippen LogP contribution in [-0.2, 0) is 6.42 Å². The maximum atomic E-state index is 5.95. The molecule has 19 heavy (non-hydrogen) atoms. The zero-order valence-electron chi connectivity index (χ0n) is 12.8. The Bertz CT molecular complexity index is 388. The lowest BCUT2D eigenvalue weighted by molar-refractivity contribution is 0.123. The third kappa shape index (κ3) is 3.58. The molecule has 1 atom stereocenters. The van der Waals surface area contributed by atoms with Crippen molar-refractivity contribution >= 4 is 0 Å². The number of hydrogen-bond acceptors (Lipinski definition) is 2. The molecule has 0 aromatic heterocycles. The van der Waals surface area contributed by atoms with Crippen molar-refractivity contribution in [2.75, 3.05) is 14.1 Å². The van der Waals surface area contributed by atoms with Gasteiger partial charge >= 0.3 is 0 Å². The first kappa shape index (κ1) is 14.5. The Morgan fingerprint density at radius 2 is 1.74 bits per heavy atom. The summed E-state index contributed by atoms with van der Waals surface area (Å²) in [5.74, 6) is 1.45. The third-order valence-electron chi connectivity index (χ3n) is 4.18. The maximum absolute atomic E-state index is 5.95. The van der Waals surface area contributed by atoms with Crippen molar-refractivity contribution in [2.24, 2.45) is 17.6 Å². The van der Waals surface area contributed by atoms with Crippen LogP contribution in [0.25, 0.3) is 0 Å². The van der Waals surface area contributed by atoms with Crippen LogP contribution in [0.15, 0.2) is 24.3 Å². The molecule has 1 saturated carbocycles. The lowest BCUT2D eigenvalue weighted by Gasteiger charge is -2.42.